The molecule has 0 aliphatic heterocycles. The molecule has 0 unspecified atom stereocenters. The van der Waals surface area contributed by atoms with Gasteiger partial charge in [-0.1, -0.05) is 32.0 Å². The van der Waals surface area contributed by atoms with Crippen molar-refractivity contribution in [2.75, 3.05) is 19.6 Å². The number of nitrogens with two attached hydrogens (primary N) is 1. The minimum absolute atomic E-state index is 0.176. The highest BCUT2D eigenvalue weighted by molar-refractivity contribution is 5.84. The molecule has 2 aromatic rings. The normalized spacial score (nSPS) is 12.2. The molecule has 1 aromatic heterocycles. The van der Waals surface area contributed by atoms with Crippen molar-refractivity contribution in [2.24, 2.45) is 11.1 Å². The van der Waals surface area contributed by atoms with Gasteiger partial charge in [0.2, 0.25) is 0 Å². The van der Waals surface area contributed by atoms with Crippen LogP contribution in [0.3, 0.4) is 0 Å². The van der Waals surface area contributed by atoms with Gasteiger partial charge in [0.1, 0.15) is 0 Å². The largest absolute Gasteiger partial charge is 0.358 e. The molecule has 0 aliphatic carbocycles. The van der Waals surface area contributed by atoms with Gasteiger partial charge >= 0.3 is 0 Å². The van der Waals surface area contributed by atoms with Crippen molar-refractivity contribution in [3.8, 4) is 0 Å². The number of aryl methyl sites for hydroxylation is 1. The summed E-state index contributed by atoms with van der Waals surface area (Å²) in [4.78, 5) is 3.45. The van der Waals surface area contributed by atoms with Crippen molar-refractivity contribution in [1.29, 1.82) is 0 Å². The minimum atomic E-state index is 0.176. The number of hydrogen-bond donors (Lipinski definition) is 3. The molecule has 0 radical (unpaired) electrons. The van der Waals surface area contributed by atoms with Crippen LogP contribution in [0.4, 0.5) is 0 Å². The fourth-order valence-corrected chi connectivity index (χ4v) is 2.37. The summed E-state index contributed by atoms with van der Waals surface area (Å²) in [5, 5.41) is 4.86. The Morgan fingerprint density at radius 2 is 2.00 bits per heavy atom. The molecule has 0 atom stereocenters. The van der Waals surface area contributed by atoms with Gasteiger partial charge in [0, 0.05) is 23.1 Å². The maximum Gasteiger partial charge on any atom is 0.0458 e. The molecule has 0 spiro atoms. The highest BCUT2D eigenvalue weighted by atomic mass is 14.9. The van der Waals surface area contributed by atoms with E-state index in [1.807, 2.05) is 0 Å². The topological polar surface area (TPSA) is 53.8 Å². The third-order valence-electron chi connectivity index (χ3n) is 3.73. The number of para-hydroxylation sites is 1. The molecule has 104 valence electrons. The molecule has 0 bridgehead atoms. The number of aromatic amines is 1. The predicted octanol–water partition coefficient (Wildman–Crippen LogP) is 2.59. The van der Waals surface area contributed by atoms with E-state index in [4.69, 9.17) is 5.73 Å². The monoisotopic (exact) mass is 259 g/mol. The van der Waals surface area contributed by atoms with Crippen LogP contribution >= 0.6 is 0 Å². The first-order valence-electron chi connectivity index (χ1n) is 7.00. The van der Waals surface area contributed by atoms with E-state index in [-0.39, 0.29) is 5.41 Å². The second-order valence-corrected chi connectivity index (χ2v) is 6.07. The molecule has 3 nitrogen and oxygen atoms in total. The van der Waals surface area contributed by atoms with Gasteiger partial charge in [0.25, 0.3) is 0 Å². The van der Waals surface area contributed by atoms with Gasteiger partial charge in [-0.15, -0.1) is 0 Å². The first kappa shape index (κ1) is 14.1. The molecular weight excluding hydrogens is 234 g/mol. The van der Waals surface area contributed by atoms with E-state index in [2.05, 4.69) is 55.3 Å². The molecule has 2 rings (SSSR count). The number of rotatable bonds is 6. The Hall–Kier alpha value is -1.32. The van der Waals surface area contributed by atoms with Crippen LogP contribution in [0.25, 0.3) is 10.9 Å². The summed E-state index contributed by atoms with van der Waals surface area (Å²) in [7, 11) is 0. The Morgan fingerprint density at radius 1 is 1.26 bits per heavy atom. The average molecular weight is 259 g/mol. The smallest absolute Gasteiger partial charge is 0.0458 e. The van der Waals surface area contributed by atoms with E-state index in [9.17, 15) is 0 Å². The molecule has 1 aromatic carbocycles. The molecular formula is C16H25N3. The fraction of sp³-hybridized carbons (Fsp3) is 0.500. The molecule has 3 heteroatoms. The van der Waals surface area contributed by atoms with Crippen LogP contribution in [0.5, 0.6) is 0 Å². The number of hydrogen-bond acceptors (Lipinski definition) is 2. The van der Waals surface area contributed by atoms with Crippen LogP contribution < -0.4 is 11.1 Å². The van der Waals surface area contributed by atoms with E-state index < -0.39 is 0 Å². The van der Waals surface area contributed by atoms with Crippen LogP contribution in [0.15, 0.2) is 24.3 Å². The Kier molecular flexibility index (Phi) is 4.27. The molecule has 19 heavy (non-hydrogen) atoms. The lowest BCUT2D eigenvalue weighted by atomic mass is 9.94. The molecule has 0 amide bonds. The van der Waals surface area contributed by atoms with Crippen molar-refractivity contribution in [1.82, 2.24) is 10.3 Å². The second-order valence-electron chi connectivity index (χ2n) is 6.07. The summed E-state index contributed by atoms with van der Waals surface area (Å²) >= 11 is 0. The van der Waals surface area contributed by atoms with Gasteiger partial charge in [0.15, 0.2) is 0 Å². The zero-order valence-electron chi connectivity index (χ0n) is 12.2. The van der Waals surface area contributed by atoms with Crippen LogP contribution in [-0.2, 0) is 6.42 Å². The van der Waals surface area contributed by atoms with Crippen LogP contribution in [0, 0.1) is 12.3 Å². The van der Waals surface area contributed by atoms with Crippen LogP contribution in [0.2, 0.25) is 0 Å². The fourth-order valence-electron chi connectivity index (χ4n) is 2.37. The number of nitrogens with one attached hydrogen (secondary N) is 2. The molecule has 0 saturated carbocycles. The summed E-state index contributed by atoms with van der Waals surface area (Å²) in [6.07, 6.45) is 1.05. The first-order chi connectivity index (χ1) is 9.03. The van der Waals surface area contributed by atoms with E-state index >= 15 is 0 Å². The van der Waals surface area contributed by atoms with Crippen molar-refractivity contribution < 1.29 is 0 Å². The minimum Gasteiger partial charge on any atom is -0.358 e. The van der Waals surface area contributed by atoms with E-state index in [0.717, 1.165) is 19.5 Å². The maximum atomic E-state index is 5.74. The SMILES string of the molecule is Cc1[nH]c2ccccc2c1CCNCC(C)(C)CN. The molecule has 4 N–H and O–H groups in total. The number of H-pyrrole nitrogens is 1. The lowest BCUT2D eigenvalue weighted by molar-refractivity contribution is 0.353. The number of fused-ring (bicyclic) bond motifs is 1. The van der Waals surface area contributed by atoms with Gasteiger partial charge in [-0.05, 0) is 43.5 Å². The quantitative estimate of drug-likeness (QED) is 0.698. The molecule has 0 saturated heterocycles. The summed E-state index contributed by atoms with van der Waals surface area (Å²) in [6.45, 7) is 9.20. The molecule has 1 heterocycles. The Morgan fingerprint density at radius 3 is 2.74 bits per heavy atom. The van der Waals surface area contributed by atoms with Crippen molar-refractivity contribution in [3.63, 3.8) is 0 Å². The predicted molar refractivity (Wildman–Crippen MR) is 82.4 cm³/mol. The van der Waals surface area contributed by atoms with Gasteiger partial charge in [-0.25, -0.2) is 0 Å². The van der Waals surface area contributed by atoms with Gasteiger partial charge in [0.05, 0.1) is 0 Å². The number of benzene rings is 1. The lowest BCUT2D eigenvalue weighted by Crippen LogP contribution is -2.36. The maximum absolute atomic E-state index is 5.74. The zero-order valence-corrected chi connectivity index (χ0v) is 12.2. The van der Waals surface area contributed by atoms with Crippen LogP contribution in [0.1, 0.15) is 25.1 Å². The van der Waals surface area contributed by atoms with Crippen molar-refractivity contribution in [3.05, 3.63) is 35.5 Å². The third kappa shape index (κ3) is 3.37. The third-order valence-corrected chi connectivity index (χ3v) is 3.73. The summed E-state index contributed by atoms with van der Waals surface area (Å²) in [6, 6.07) is 8.50. The Balaban J connectivity index is 1.97. The Labute approximate surface area is 115 Å². The van der Waals surface area contributed by atoms with Gasteiger partial charge < -0.3 is 16.0 Å². The van der Waals surface area contributed by atoms with Crippen LogP contribution in [-0.4, -0.2) is 24.6 Å². The van der Waals surface area contributed by atoms with E-state index in [1.54, 1.807) is 0 Å². The Bertz CT molecular complexity index is 540. The van der Waals surface area contributed by atoms with E-state index in [1.165, 1.54) is 22.2 Å². The average Bonchev–Trinajstić information content (AvgIpc) is 2.71. The molecule has 0 fully saturated rings. The standard InChI is InChI=1S/C16H25N3/c1-12-13(8-9-18-11-16(2,3)10-17)14-6-4-5-7-15(14)19-12/h4-7,18-19H,8-11,17H2,1-3H3. The molecule has 0 aliphatic rings. The van der Waals surface area contributed by atoms with Gasteiger partial charge in [-0.2, -0.15) is 0 Å². The first-order valence-corrected chi connectivity index (χ1v) is 7.00. The highest BCUT2D eigenvalue weighted by Crippen LogP contribution is 2.22. The summed E-state index contributed by atoms with van der Waals surface area (Å²) in [5.41, 5.74) is 9.85. The van der Waals surface area contributed by atoms with Crippen molar-refractivity contribution >= 4 is 10.9 Å². The zero-order chi connectivity index (χ0) is 13.9. The summed E-state index contributed by atoms with van der Waals surface area (Å²) in [5.74, 6) is 0. The highest BCUT2D eigenvalue weighted by Gasteiger charge is 2.14. The van der Waals surface area contributed by atoms with Crippen molar-refractivity contribution in [2.45, 2.75) is 27.2 Å². The summed E-state index contributed by atoms with van der Waals surface area (Å²) < 4.78 is 0. The van der Waals surface area contributed by atoms with Gasteiger partial charge in [-0.3, -0.25) is 0 Å². The second kappa shape index (κ2) is 5.76. The lowest BCUT2D eigenvalue weighted by Gasteiger charge is -2.22. The van der Waals surface area contributed by atoms with E-state index in [0.29, 0.717) is 6.54 Å². The number of aromatic nitrogens is 1.